The van der Waals surface area contributed by atoms with E-state index in [1.54, 1.807) is 0 Å². The molecule has 14 nitrogen and oxygen atoms in total. The normalized spacial score (nSPS) is 36.0. The first kappa shape index (κ1) is 33.7. The Bertz CT molecular complexity index is 877. The van der Waals surface area contributed by atoms with Gasteiger partial charge in [-0.3, -0.25) is 4.79 Å². The van der Waals surface area contributed by atoms with Crippen LogP contribution in [0.1, 0.15) is 70.6 Å². The van der Waals surface area contributed by atoms with Crippen molar-refractivity contribution < 1.29 is 59.5 Å². The van der Waals surface area contributed by atoms with E-state index in [1.165, 1.54) is 0 Å². The molecular formula is C27H44N2O12. The summed E-state index contributed by atoms with van der Waals surface area (Å²) in [6, 6.07) is 0. The highest BCUT2D eigenvalue weighted by atomic mass is 16.8. The van der Waals surface area contributed by atoms with Crippen molar-refractivity contribution in [1.82, 2.24) is 0 Å². The van der Waals surface area contributed by atoms with E-state index >= 15 is 0 Å². The van der Waals surface area contributed by atoms with Gasteiger partial charge in [-0.05, 0) is 32.1 Å². The maximum absolute atomic E-state index is 12.2. The van der Waals surface area contributed by atoms with Gasteiger partial charge in [-0.25, -0.2) is 0 Å². The largest absolute Gasteiger partial charge is 0.463 e. The highest BCUT2D eigenvalue weighted by molar-refractivity contribution is 5.69. The second kappa shape index (κ2) is 16.2. The Balaban J connectivity index is 1.31. The standard InChI is InChI=1S/C27H44N2O12/c1-2-3-9-12-27(28-29-27)13-10-7-5-4-6-8-11-18(31)38-15-17-20(33)22(35)24(37)26(40-17)41-25-23(36)21(34)19(32)16(14-30)39-25/h1,16-17,19-26,30,32-37H,3-15H2/t16?,17?,19-,20-,21?,22+,23-,24?,25-,26-/m1/s1. The molecule has 2 saturated heterocycles. The monoisotopic (exact) mass is 588 g/mol. The summed E-state index contributed by atoms with van der Waals surface area (Å²) < 4.78 is 21.3. The first-order valence-electron chi connectivity index (χ1n) is 14.3. The van der Waals surface area contributed by atoms with Gasteiger partial charge >= 0.3 is 5.97 Å². The number of hydrogen-bond donors (Lipinski definition) is 7. The molecule has 3 rings (SSSR count). The van der Waals surface area contributed by atoms with Crippen LogP contribution in [0.5, 0.6) is 0 Å². The fourth-order valence-corrected chi connectivity index (χ4v) is 4.98. The fraction of sp³-hybridized carbons (Fsp3) is 0.889. The Kier molecular flexibility index (Phi) is 13.3. The number of carbonyl (C=O) groups is 1. The molecule has 10 atom stereocenters. The van der Waals surface area contributed by atoms with E-state index in [-0.39, 0.29) is 12.1 Å². The van der Waals surface area contributed by atoms with E-state index in [1.807, 2.05) is 0 Å². The second-order valence-corrected chi connectivity index (χ2v) is 10.9. The SMILES string of the molecule is C#CCCCC1(CCCCCCCCC(=O)OCC2O[C@H](O[C@H]3OC(CO)[C@@H](O)C(O)[C@H]3O)C(O)[C@@H](O)[C@@H]2O)N=N1. The average molecular weight is 589 g/mol. The number of aliphatic hydroxyl groups is 7. The van der Waals surface area contributed by atoms with Gasteiger partial charge in [0.1, 0.15) is 55.4 Å². The zero-order valence-electron chi connectivity index (χ0n) is 23.1. The van der Waals surface area contributed by atoms with Crippen LogP contribution in [0.4, 0.5) is 0 Å². The van der Waals surface area contributed by atoms with Crippen LogP contribution in [-0.4, -0.2) is 122 Å². The molecule has 0 radical (unpaired) electrons. The number of esters is 1. The van der Waals surface area contributed by atoms with Crippen molar-refractivity contribution in [1.29, 1.82) is 0 Å². The van der Waals surface area contributed by atoms with Gasteiger partial charge in [0, 0.05) is 12.8 Å². The minimum atomic E-state index is -1.78. The lowest BCUT2D eigenvalue weighted by molar-refractivity contribution is -0.376. The van der Waals surface area contributed by atoms with Crippen LogP contribution in [0, 0.1) is 12.3 Å². The first-order valence-corrected chi connectivity index (χ1v) is 14.3. The number of terminal acetylenes is 1. The summed E-state index contributed by atoms with van der Waals surface area (Å²) in [4.78, 5) is 12.2. The van der Waals surface area contributed by atoms with Crippen molar-refractivity contribution in [2.24, 2.45) is 10.2 Å². The fourth-order valence-electron chi connectivity index (χ4n) is 4.98. The van der Waals surface area contributed by atoms with Crippen molar-refractivity contribution >= 4 is 5.97 Å². The molecule has 0 aromatic heterocycles. The number of aliphatic hydroxyl groups excluding tert-OH is 7. The summed E-state index contributed by atoms with van der Waals surface area (Å²) in [5, 5.41) is 78.5. The van der Waals surface area contributed by atoms with E-state index in [9.17, 15) is 40.5 Å². The molecule has 3 aliphatic rings. The molecule has 0 spiro atoms. The van der Waals surface area contributed by atoms with Crippen molar-refractivity contribution in [3.05, 3.63) is 0 Å². The highest BCUT2D eigenvalue weighted by Crippen LogP contribution is 2.38. The van der Waals surface area contributed by atoms with Gasteiger partial charge < -0.3 is 54.7 Å². The third-order valence-electron chi connectivity index (χ3n) is 7.68. The molecule has 0 bridgehead atoms. The predicted octanol–water partition coefficient (Wildman–Crippen LogP) is -0.760. The average Bonchev–Trinajstić information content (AvgIpc) is 3.73. The molecule has 0 saturated carbocycles. The van der Waals surface area contributed by atoms with Gasteiger partial charge in [0.15, 0.2) is 18.2 Å². The van der Waals surface area contributed by atoms with Crippen LogP contribution in [-0.2, 0) is 23.7 Å². The molecule has 2 fully saturated rings. The van der Waals surface area contributed by atoms with E-state index in [0.29, 0.717) is 6.42 Å². The molecule has 4 unspecified atom stereocenters. The van der Waals surface area contributed by atoms with Crippen LogP contribution in [0.3, 0.4) is 0 Å². The molecule has 3 heterocycles. The van der Waals surface area contributed by atoms with Crippen LogP contribution in [0.2, 0.25) is 0 Å². The maximum atomic E-state index is 12.2. The molecular weight excluding hydrogens is 544 g/mol. The summed E-state index contributed by atoms with van der Waals surface area (Å²) in [6.45, 7) is -1.13. The zero-order chi connectivity index (χ0) is 30.0. The van der Waals surface area contributed by atoms with Crippen LogP contribution in [0.25, 0.3) is 0 Å². The Morgan fingerprint density at radius 1 is 0.756 bits per heavy atom. The second-order valence-electron chi connectivity index (χ2n) is 10.9. The number of carbonyl (C=O) groups excluding carboxylic acids is 1. The Hall–Kier alpha value is -1.77. The minimum absolute atomic E-state index is 0.162. The molecule has 0 aliphatic carbocycles. The molecule has 0 aromatic rings. The van der Waals surface area contributed by atoms with E-state index in [2.05, 4.69) is 16.1 Å². The van der Waals surface area contributed by atoms with Gasteiger partial charge in [-0.1, -0.05) is 25.7 Å². The van der Waals surface area contributed by atoms with Crippen molar-refractivity contribution in [3.8, 4) is 12.3 Å². The number of unbranched alkanes of at least 4 members (excludes halogenated alkanes) is 6. The Morgan fingerprint density at radius 2 is 1.29 bits per heavy atom. The number of hydrogen-bond acceptors (Lipinski definition) is 14. The lowest BCUT2D eigenvalue weighted by Crippen LogP contribution is -2.63. The molecule has 7 N–H and O–H groups in total. The summed E-state index contributed by atoms with van der Waals surface area (Å²) in [5.41, 5.74) is -0.198. The molecule has 3 aliphatic heterocycles. The minimum Gasteiger partial charge on any atom is -0.463 e. The topological polar surface area (TPSA) is 220 Å². The van der Waals surface area contributed by atoms with Gasteiger partial charge in [0.25, 0.3) is 0 Å². The summed E-state index contributed by atoms with van der Waals surface area (Å²) >= 11 is 0. The summed E-state index contributed by atoms with van der Waals surface area (Å²) in [7, 11) is 0. The Morgan fingerprint density at radius 3 is 1.88 bits per heavy atom. The molecule has 41 heavy (non-hydrogen) atoms. The lowest BCUT2D eigenvalue weighted by atomic mass is 9.98. The zero-order valence-corrected chi connectivity index (χ0v) is 23.1. The smallest absolute Gasteiger partial charge is 0.305 e. The number of rotatable bonds is 17. The van der Waals surface area contributed by atoms with E-state index < -0.39 is 80.6 Å². The van der Waals surface area contributed by atoms with Gasteiger partial charge in [0.05, 0.1) is 6.61 Å². The van der Waals surface area contributed by atoms with Crippen molar-refractivity contribution in [2.75, 3.05) is 13.2 Å². The molecule has 14 heteroatoms. The lowest BCUT2D eigenvalue weighted by Gasteiger charge is -2.44. The van der Waals surface area contributed by atoms with Crippen LogP contribution >= 0.6 is 0 Å². The molecule has 0 amide bonds. The van der Waals surface area contributed by atoms with Gasteiger partial charge in [0.2, 0.25) is 0 Å². The quantitative estimate of drug-likeness (QED) is 0.0633. The third-order valence-corrected chi connectivity index (χ3v) is 7.68. The highest BCUT2D eigenvalue weighted by Gasteiger charge is 2.50. The predicted molar refractivity (Wildman–Crippen MR) is 140 cm³/mol. The maximum Gasteiger partial charge on any atom is 0.305 e. The third kappa shape index (κ3) is 9.62. The van der Waals surface area contributed by atoms with Crippen molar-refractivity contribution in [2.45, 2.75) is 138 Å². The van der Waals surface area contributed by atoms with Crippen LogP contribution < -0.4 is 0 Å². The van der Waals surface area contributed by atoms with Gasteiger partial charge in [-0.15, -0.1) is 12.3 Å². The summed E-state index contributed by atoms with van der Waals surface area (Å²) in [5.74, 6) is 2.12. The Labute approximate surface area is 239 Å². The number of nitrogens with zero attached hydrogens (tertiary/aromatic N) is 2. The summed E-state index contributed by atoms with van der Waals surface area (Å²) in [6.07, 6.45) is -1.53. The van der Waals surface area contributed by atoms with E-state index in [4.69, 9.17) is 25.4 Å². The van der Waals surface area contributed by atoms with Gasteiger partial charge in [-0.2, -0.15) is 10.2 Å². The van der Waals surface area contributed by atoms with E-state index in [0.717, 1.165) is 57.8 Å². The molecule has 234 valence electrons. The van der Waals surface area contributed by atoms with Crippen molar-refractivity contribution in [3.63, 3.8) is 0 Å². The molecule has 0 aromatic carbocycles. The van der Waals surface area contributed by atoms with Crippen LogP contribution in [0.15, 0.2) is 10.2 Å². The number of ether oxygens (including phenoxy) is 4. The first-order chi connectivity index (χ1) is 19.6.